The highest BCUT2D eigenvalue weighted by Gasteiger charge is 2.15. The van der Waals surface area contributed by atoms with E-state index in [0.717, 1.165) is 11.1 Å². The van der Waals surface area contributed by atoms with Crippen molar-refractivity contribution in [2.75, 3.05) is 7.11 Å². The van der Waals surface area contributed by atoms with E-state index in [0.29, 0.717) is 11.6 Å². The van der Waals surface area contributed by atoms with Gasteiger partial charge in [-0.2, -0.15) is 0 Å². The standard InChI is InChI=1S/C15H19N3O2/c1-10(2)20-12-7-11(8-17-9-12)14(16)13-5-4-6-18-15(13)19-3/h4-10,14H,16H2,1-3H3. The molecule has 2 N–H and O–H groups in total. The van der Waals surface area contributed by atoms with Crippen LogP contribution >= 0.6 is 0 Å². The van der Waals surface area contributed by atoms with Gasteiger partial charge in [0.25, 0.3) is 0 Å². The second kappa shape index (κ2) is 6.34. The Morgan fingerprint density at radius 3 is 2.75 bits per heavy atom. The first kappa shape index (κ1) is 14.3. The van der Waals surface area contributed by atoms with Crippen molar-refractivity contribution in [3.05, 3.63) is 47.9 Å². The molecule has 0 spiro atoms. The predicted molar refractivity (Wildman–Crippen MR) is 76.8 cm³/mol. The maximum Gasteiger partial charge on any atom is 0.218 e. The van der Waals surface area contributed by atoms with Crippen LogP contribution in [0.25, 0.3) is 0 Å². The molecular weight excluding hydrogens is 254 g/mol. The maximum atomic E-state index is 6.28. The van der Waals surface area contributed by atoms with Gasteiger partial charge in [-0.3, -0.25) is 4.98 Å². The number of methoxy groups -OCH3 is 1. The molecule has 2 aromatic rings. The Kier molecular flexibility index (Phi) is 4.53. The summed E-state index contributed by atoms with van der Waals surface area (Å²) in [5.41, 5.74) is 7.95. The lowest BCUT2D eigenvalue weighted by Gasteiger charge is -2.16. The third-order valence-corrected chi connectivity index (χ3v) is 2.79. The van der Waals surface area contributed by atoms with Gasteiger partial charge < -0.3 is 15.2 Å². The molecule has 0 saturated carbocycles. The fraction of sp³-hybridized carbons (Fsp3) is 0.333. The topological polar surface area (TPSA) is 70.3 Å². The van der Waals surface area contributed by atoms with Crippen LogP contribution in [0, 0.1) is 0 Å². The summed E-state index contributed by atoms with van der Waals surface area (Å²) in [5.74, 6) is 1.23. The average Bonchev–Trinajstić information content (AvgIpc) is 2.46. The molecule has 0 fully saturated rings. The number of ether oxygens (including phenoxy) is 2. The van der Waals surface area contributed by atoms with Crippen LogP contribution in [-0.4, -0.2) is 23.2 Å². The van der Waals surface area contributed by atoms with E-state index < -0.39 is 0 Å². The Hall–Kier alpha value is -2.14. The summed E-state index contributed by atoms with van der Waals surface area (Å²) in [6.45, 7) is 3.94. The Morgan fingerprint density at radius 2 is 2.05 bits per heavy atom. The van der Waals surface area contributed by atoms with E-state index in [1.54, 1.807) is 25.7 Å². The molecule has 2 aromatic heterocycles. The molecular formula is C15H19N3O2. The van der Waals surface area contributed by atoms with E-state index in [-0.39, 0.29) is 12.1 Å². The van der Waals surface area contributed by atoms with Crippen LogP contribution in [0.2, 0.25) is 0 Å². The minimum absolute atomic E-state index is 0.0937. The average molecular weight is 273 g/mol. The van der Waals surface area contributed by atoms with E-state index in [2.05, 4.69) is 9.97 Å². The van der Waals surface area contributed by atoms with Crippen molar-refractivity contribution >= 4 is 0 Å². The molecule has 2 heterocycles. The van der Waals surface area contributed by atoms with Crippen LogP contribution in [-0.2, 0) is 0 Å². The molecule has 0 bridgehead atoms. The zero-order chi connectivity index (χ0) is 14.5. The molecule has 0 saturated heterocycles. The quantitative estimate of drug-likeness (QED) is 0.905. The minimum Gasteiger partial charge on any atom is -0.489 e. The largest absolute Gasteiger partial charge is 0.489 e. The Balaban J connectivity index is 2.30. The Labute approximate surface area is 118 Å². The van der Waals surface area contributed by atoms with Crippen molar-refractivity contribution in [2.24, 2.45) is 5.73 Å². The third kappa shape index (κ3) is 3.24. The summed E-state index contributed by atoms with van der Waals surface area (Å²) in [6.07, 6.45) is 5.17. The normalized spacial score (nSPS) is 12.2. The second-order valence-corrected chi connectivity index (χ2v) is 4.70. The summed E-state index contributed by atoms with van der Waals surface area (Å²) >= 11 is 0. The fourth-order valence-corrected chi connectivity index (χ4v) is 1.93. The number of hydrogen-bond donors (Lipinski definition) is 1. The zero-order valence-electron chi connectivity index (χ0n) is 11.9. The molecule has 0 aromatic carbocycles. The van der Waals surface area contributed by atoms with Gasteiger partial charge in [-0.1, -0.05) is 6.07 Å². The highest BCUT2D eigenvalue weighted by atomic mass is 16.5. The van der Waals surface area contributed by atoms with Crippen molar-refractivity contribution in [1.82, 2.24) is 9.97 Å². The molecule has 1 atom stereocenters. The number of rotatable bonds is 5. The fourth-order valence-electron chi connectivity index (χ4n) is 1.93. The Bertz CT molecular complexity index is 573. The summed E-state index contributed by atoms with van der Waals surface area (Å²) in [7, 11) is 1.58. The molecule has 20 heavy (non-hydrogen) atoms. The van der Waals surface area contributed by atoms with Crippen molar-refractivity contribution in [3.63, 3.8) is 0 Å². The lowest BCUT2D eigenvalue weighted by atomic mass is 10.0. The molecule has 0 radical (unpaired) electrons. The molecule has 106 valence electrons. The number of nitrogens with two attached hydrogens (primary N) is 1. The van der Waals surface area contributed by atoms with Crippen LogP contribution in [0.15, 0.2) is 36.8 Å². The molecule has 1 unspecified atom stereocenters. The van der Waals surface area contributed by atoms with Gasteiger partial charge in [0.1, 0.15) is 5.75 Å². The van der Waals surface area contributed by atoms with Gasteiger partial charge in [-0.25, -0.2) is 4.98 Å². The summed E-state index contributed by atoms with van der Waals surface area (Å²) in [5, 5.41) is 0. The maximum absolute atomic E-state index is 6.28. The summed E-state index contributed by atoms with van der Waals surface area (Å²) in [6, 6.07) is 5.26. The van der Waals surface area contributed by atoms with Crippen molar-refractivity contribution in [2.45, 2.75) is 26.0 Å². The van der Waals surface area contributed by atoms with E-state index in [9.17, 15) is 0 Å². The van der Waals surface area contributed by atoms with E-state index in [4.69, 9.17) is 15.2 Å². The number of nitrogens with zero attached hydrogens (tertiary/aromatic N) is 2. The van der Waals surface area contributed by atoms with Gasteiger partial charge in [0.15, 0.2) is 0 Å². The predicted octanol–water partition coefficient (Wildman–Crippen LogP) is 2.32. The molecule has 0 aliphatic rings. The molecule has 5 heteroatoms. The molecule has 2 rings (SSSR count). The zero-order valence-corrected chi connectivity index (χ0v) is 11.9. The first-order chi connectivity index (χ1) is 9.61. The highest BCUT2D eigenvalue weighted by molar-refractivity contribution is 5.38. The van der Waals surface area contributed by atoms with Gasteiger partial charge in [-0.15, -0.1) is 0 Å². The van der Waals surface area contributed by atoms with Crippen LogP contribution < -0.4 is 15.2 Å². The van der Waals surface area contributed by atoms with E-state index >= 15 is 0 Å². The summed E-state index contributed by atoms with van der Waals surface area (Å²) in [4.78, 5) is 8.33. The Morgan fingerprint density at radius 1 is 1.25 bits per heavy atom. The van der Waals surface area contributed by atoms with Crippen LogP contribution in [0.1, 0.15) is 31.0 Å². The number of aromatic nitrogens is 2. The molecule has 0 amide bonds. The van der Waals surface area contributed by atoms with Crippen molar-refractivity contribution < 1.29 is 9.47 Å². The van der Waals surface area contributed by atoms with Crippen molar-refractivity contribution in [1.29, 1.82) is 0 Å². The summed E-state index contributed by atoms with van der Waals surface area (Å²) < 4.78 is 10.9. The first-order valence-electron chi connectivity index (χ1n) is 6.48. The van der Waals surface area contributed by atoms with Crippen LogP contribution in [0.3, 0.4) is 0 Å². The lowest BCUT2D eigenvalue weighted by Crippen LogP contribution is -2.14. The van der Waals surface area contributed by atoms with Gasteiger partial charge in [0.2, 0.25) is 5.88 Å². The van der Waals surface area contributed by atoms with E-state index in [1.807, 2.05) is 32.0 Å². The lowest BCUT2D eigenvalue weighted by molar-refractivity contribution is 0.241. The van der Waals surface area contributed by atoms with Gasteiger partial charge in [0, 0.05) is 18.0 Å². The number of pyridine rings is 2. The van der Waals surface area contributed by atoms with Crippen LogP contribution in [0.5, 0.6) is 11.6 Å². The smallest absolute Gasteiger partial charge is 0.218 e. The van der Waals surface area contributed by atoms with Gasteiger partial charge in [-0.05, 0) is 31.5 Å². The number of hydrogen-bond acceptors (Lipinski definition) is 5. The molecule has 0 aliphatic heterocycles. The molecule has 0 aliphatic carbocycles. The highest BCUT2D eigenvalue weighted by Crippen LogP contribution is 2.27. The van der Waals surface area contributed by atoms with E-state index in [1.165, 1.54) is 0 Å². The second-order valence-electron chi connectivity index (χ2n) is 4.70. The SMILES string of the molecule is COc1ncccc1C(N)c1cncc(OC(C)C)c1. The van der Waals surface area contributed by atoms with Crippen molar-refractivity contribution in [3.8, 4) is 11.6 Å². The molecule has 5 nitrogen and oxygen atoms in total. The monoisotopic (exact) mass is 273 g/mol. The van der Waals surface area contributed by atoms with Crippen LogP contribution in [0.4, 0.5) is 0 Å². The van der Waals surface area contributed by atoms with Gasteiger partial charge >= 0.3 is 0 Å². The first-order valence-corrected chi connectivity index (χ1v) is 6.48. The third-order valence-electron chi connectivity index (χ3n) is 2.79. The minimum atomic E-state index is -0.359. The van der Waals surface area contributed by atoms with Gasteiger partial charge in [0.05, 0.1) is 25.5 Å².